The lowest BCUT2D eigenvalue weighted by Crippen LogP contribution is -2.43. The third-order valence-corrected chi connectivity index (χ3v) is 5.20. The molecule has 1 amide bonds. The van der Waals surface area contributed by atoms with Crippen LogP contribution < -0.4 is 5.32 Å². The van der Waals surface area contributed by atoms with Gasteiger partial charge in [0.15, 0.2) is 12.4 Å². The molecule has 3 aromatic rings. The monoisotopic (exact) mass is 433 g/mol. The molecule has 0 fully saturated rings. The predicted molar refractivity (Wildman–Crippen MR) is 120 cm³/mol. The van der Waals surface area contributed by atoms with E-state index in [1.165, 1.54) is 6.92 Å². The van der Waals surface area contributed by atoms with E-state index < -0.39 is 24.5 Å². The Bertz CT molecular complexity index is 1090. The maximum absolute atomic E-state index is 12.6. The number of ketones is 1. The highest BCUT2D eigenvalue weighted by atomic mass is 16.5. The molecule has 0 saturated carbocycles. The second kappa shape index (κ2) is 10.5. The highest BCUT2D eigenvalue weighted by Crippen LogP contribution is 2.16. The van der Waals surface area contributed by atoms with E-state index in [-0.39, 0.29) is 5.78 Å². The van der Waals surface area contributed by atoms with E-state index in [9.17, 15) is 14.4 Å². The molecular formula is C25H27N3O4. The van der Waals surface area contributed by atoms with E-state index in [0.717, 1.165) is 11.1 Å². The molecule has 0 aliphatic rings. The number of esters is 1. The fraction of sp³-hybridized carbons (Fsp3) is 0.280. The highest BCUT2D eigenvalue weighted by Gasteiger charge is 2.22. The van der Waals surface area contributed by atoms with Crippen LogP contribution in [0.4, 0.5) is 0 Å². The number of rotatable bonds is 9. The fourth-order valence-electron chi connectivity index (χ4n) is 3.49. The van der Waals surface area contributed by atoms with Gasteiger partial charge in [0.1, 0.15) is 5.56 Å². The molecule has 166 valence electrons. The smallest absolute Gasteiger partial charge is 0.342 e. The van der Waals surface area contributed by atoms with Gasteiger partial charge in [0, 0.05) is 0 Å². The maximum atomic E-state index is 12.6. The number of aryl methyl sites for hydroxylation is 1. The number of carbonyl (C=O) groups is 3. The summed E-state index contributed by atoms with van der Waals surface area (Å²) >= 11 is 0. The number of hydrogen-bond acceptors (Lipinski definition) is 5. The van der Waals surface area contributed by atoms with Gasteiger partial charge in [-0.05, 0) is 38.3 Å². The van der Waals surface area contributed by atoms with Crippen molar-refractivity contribution in [2.45, 2.75) is 39.8 Å². The van der Waals surface area contributed by atoms with Gasteiger partial charge in [-0.15, -0.1) is 0 Å². The zero-order valence-electron chi connectivity index (χ0n) is 18.5. The van der Waals surface area contributed by atoms with Gasteiger partial charge in [0.25, 0.3) is 5.91 Å². The van der Waals surface area contributed by atoms with E-state index in [0.29, 0.717) is 29.9 Å². The zero-order valence-corrected chi connectivity index (χ0v) is 18.5. The van der Waals surface area contributed by atoms with Crippen LogP contribution in [0.25, 0.3) is 0 Å². The van der Waals surface area contributed by atoms with Crippen molar-refractivity contribution in [1.82, 2.24) is 15.1 Å². The maximum Gasteiger partial charge on any atom is 0.342 e. The van der Waals surface area contributed by atoms with Crippen molar-refractivity contribution in [1.29, 1.82) is 0 Å². The molecule has 1 aromatic heterocycles. The molecule has 0 saturated heterocycles. The van der Waals surface area contributed by atoms with E-state index in [1.807, 2.05) is 60.7 Å². The molecule has 0 aliphatic carbocycles. The molecular weight excluding hydrogens is 406 g/mol. The first kappa shape index (κ1) is 22.9. The molecule has 1 heterocycles. The molecule has 2 aromatic carbocycles. The van der Waals surface area contributed by atoms with Crippen molar-refractivity contribution < 1.29 is 19.1 Å². The van der Waals surface area contributed by atoms with Gasteiger partial charge < -0.3 is 10.1 Å². The lowest BCUT2D eigenvalue weighted by atomic mass is 10.0. The first-order valence-corrected chi connectivity index (χ1v) is 10.4. The molecule has 7 nitrogen and oxygen atoms in total. The Morgan fingerprint density at radius 3 is 2.16 bits per heavy atom. The second-order valence-corrected chi connectivity index (χ2v) is 7.69. The van der Waals surface area contributed by atoms with Gasteiger partial charge in [-0.3, -0.25) is 14.3 Å². The van der Waals surface area contributed by atoms with Crippen LogP contribution in [-0.2, 0) is 27.3 Å². The van der Waals surface area contributed by atoms with Gasteiger partial charge in [-0.25, -0.2) is 4.79 Å². The second-order valence-electron chi connectivity index (χ2n) is 7.69. The number of benzene rings is 2. The Morgan fingerprint density at radius 2 is 1.56 bits per heavy atom. The molecule has 0 aliphatic heterocycles. The molecule has 7 heteroatoms. The summed E-state index contributed by atoms with van der Waals surface area (Å²) in [5, 5.41) is 7.10. The number of Topliss-reactive ketones (excluding diaryl/α,β-unsaturated/α-hetero) is 1. The summed E-state index contributed by atoms with van der Waals surface area (Å²) in [5.74, 6) is -1.30. The zero-order chi connectivity index (χ0) is 23.1. The Hall–Kier alpha value is -3.74. The quantitative estimate of drug-likeness (QED) is 0.524. The van der Waals surface area contributed by atoms with Crippen LogP contribution in [0.3, 0.4) is 0 Å². The van der Waals surface area contributed by atoms with Gasteiger partial charge >= 0.3 is 5.97 Å². The Balaban J connectivity index is 1.60. The molecule has 0 bridgehead atoms. The van der Waals surface area contributed by atoms with Crippen LogP contribution in [0, 0.1) is 13.8 Å². The van der Waals surface area contributed by atoms with Crippen molar-refractivity contribution in [3.63, 3.8) is 0 Å². The summed E-state index contributed by atoms with van der Waals surface area (Å²) in [6, 6.07) is 18.5. The van der Waals surface area contributed by atoms with Crippen molar-refractivity contribution in [3.8, 4) is 0 Å². The van der Waals surface area contributed by atoms with Gasteiger partial charge in [0.2, 0.25) is 0 Å². The number of nitrogens with one attached hydrogen (secondary N) is 1. The van der Waals surface area contributed by atoms with E-state index >= 15 is 0 Å². The summed E-state index contributed by atoms with van der Waals surface area (Å²) in [6.07, 6.45) is 0.375. The topological polar surface area (TPSA) is 90.3 Å². The largest absolute Gasteiger partial charge is 0.452 e. The number of aromatic nitrogens is 2. The first-order valence-electron chi connectivity index (χ1n) is 10.4. The predicted octanol–water partition coefficient (Wildman–Crippen LogP) is 3.02. The lowest BCUT2D eigenvalue weighted by molar-refractivity contribution is -0.128. The van der Waals surface area contributed by atoms with Crippen LogP contribution in [0.15, 0.2) is 60.7 Å². The Labute approximate surface area is 187 Å². The summed E-state index contributed by atoms with van der Waals surface area (Å²) in [4.78, 5) is 36.9. The van der Waals surface area contributed by atoms with E-state index in [4.69, 9.17) is 4.74 Å². The summed E-state index contributed by atoms with van der Waals surface area (Å²) in [5.41, 5.74) is 3.55. The minimum atomic E-state index is -0.680. The fourth-order valence-corrected chi connectivity index (χ4v) is 3.49. The third kappa shape index (κ3) is 5.91. The van der Waals surface area contributed by atoms with Crippen LogP contribution in [0.5, 0.6) is 0 Å². The SMILES string of the molecule is CC(=O)C(Cc1ccccc1)NC(=O)COC(=O)c1c(C)nn(Cc2ccccc2)c1C. The normalized spacial score (nSPS) is 11.6. The number of nitrogens with zero attached hydrogens (tertiary/aromatic N) is 2. The number of carbonyl (C=O) groups excluding carboxylic acids is 3. The van der Waals surface area contributed by atoms with Crippen LogP contribution in [0.2, 0.25) is 0 Å². The van der Waals surface area contributed by atoms with E-state index in [1.54, 1.807) is 18.5 Å². The highest BCUT2D eigenvalue weighted by molar-refractivity contribution is 5.94. The van der Waals surface area contributed by atoms with Crippen molar-refractivity contribution >= 4 is 17.7 Å². The van der Waals surface area contributed by atoms with Gasteiger partial charge in [-0.2, -0.15) is 5.10 Å². The third-order valence-electron chi connectivity index (χ3n) is 5.20. The van der Waals surface area contributed by atoms with Crippen molar-refractivity contribution in [2.24, 2.45) is 0 Å². The number of ether oxygens (including phenoxy) is 1. The summed E-state index contributed by atoms with van der Waals surface area (Å²) in [7, 11) is 0. The minimum absolute atomic E-state index is 0.164. The van der Waals surface area contributed by atoms with Crippen molar-refractivity contribution in [3.05, 3.63) is 88.7 Å². The average Bonchev–Trinajstić information content (AvgIpc) is 3.05. The van der Waals surface area contributed by atoms with Crippen LogP contribution in [-0.4, -0.2) is 40.1 Å². The van der Waals surface area contributed by atoms with Crippen molar-refractivity contribution in [2.75, 3.05) is 6.61 Å². The molecule has 1 unspecified atom stereocenters. The van der Waals surface area contributed by atoms with Crippen LogP contribution >= 0.6 is 0 Å². The average molecular weight is 434 g/mol. The van der Waals surface area contributed by atoms with Gasteiger partial charge in [-0.1, -0.05) is 60.7 Å². The van der Waals surface area contributed by atoms with Crippen LogP contribution in [0.1, 0.15) is 39.8 Å². The Kier molecular flexibility index (Phi) is 7.54. The minimum Gasteiger partial charge on any atom is -0.452 e. The Morgan fingerprint density at radius 1 is 0.969 bits per heavy atom. The molecule has 0 spiro atoms. The molecule has 1 N–H and O–H groups in total. The summed E-state index contributed by atoms with van der Waals surface area (Å²) in [6.45, 7) is 5.01. The number of hydrogen-bond donors (Lipinski definition) is 1. The standard InChI is InChI=1S/C25H27N3O4/c1-17-24(18(2)28(27-17)15-21-12-8-5-9-13-21)25(31)32-16-23(30)26-22(19(3)29)14-20-10-6-4-7-11-20/h4-13,22H,14-16H2,1-3H3,(H,26,30). The molecule has 32 heavy (non-hydrogen) atoms. The van der Waals surface area contributed by atoms with Gasteiger partial charge in [0.05, 0.1) is 24.0 Å². The molecule has 3 rings (SSSR count). The van der Waals surface area contributed by atoms with E-state index in [2.05, 4.69) is 10.4 Å². The number of amides is 1. The summed E-state index contributed by atoms with van der Waals surface area (Å²) < 4.78 is 6.97. The molecule has 0 radical (unpaired) electrons. The molecule has 1 atom stereocenters. The lowest BCUT2D eigenvalue weighted by Gasteiger charge is -2.16. The first-order chi connectivity index (χ1) is 15.3.